The maximum Gasteiger partial charge on any atom is 0.184 e. The molecular weight excluding hydrogens is 180 g/mol. The topological polar surface area (TPSA) is 18.5 Å². The van der Waals surface area contributed by atoms with Crippen LogP contribution in [-0.2, 0) is 9.16 Å². The van der Waals surface area contributed by atoms with Crippen LogP contribution in [0, 0.1) is 6.92 Å². The number of ether oxygens (including phenoxy) is 1. The van der Waals surface area contributed by atoms with Gasteiger partial charge in [0.25, 0.3) is 0 Å². The van der Waals surface area contributed by atoms with Crippen molar-refractivity contribution in [3.63, 3.8) is 0 Å². The summed E-state index contributed by atoms with van der Waals surface area (Å²) in [6, 6.07) is 0. The van der Waals surface area contributed by atoms with Crippen LogP contribution in [0.5, 0.6) is 0 Å². The molecule has 1 heterocycles. The Kier molecular flexibility index (Phi) is 3.95. The third kappa shape index (κ3) is 3.79. The van der Waals surface area contributed by atoms with Crippen LogP contribution in [0.2, 0.25) is 19.6 Å². The summed E-state index contributed by atoms with van der Waals surface area (Å²) in [6.45, 7) is 11.5. The lowest BCUT2D eigenvalue weighted by molar-refractivity contribution is -0.0637. The second kappa shape index (κ2) is 4.58. The van der Waals surface area contributed by atoms with E-state index < -0.39 is 8.32 Å². The van der Waals surface area contributed by atoms with Crippen LogP contribution in [0.1, 0.15) is 19.3 Å². The van der Waals surface area contributed by atoms with Crippen molar-refractivity contribution in [1.82, 2.24) is 0 Å². The molecule has 1 aliphatic heterocycles. The van der Waals surface area contributed by atoms with Crippen LogP contribution in [-0.4, -0.2) is 27.1 Å². The Labute approximate surface area is 82.7 Å². The van der Waals surface area contributed by atoms with Crippen molar-refractivity contribution in [3.8, 4) is 0 Å². The van der Waals surface area contributed by atoms with Gasteiger partial charge in [0.15, 0.2) is 8.32 Å². The van der Waals surface area contributed by atoms with Gasteiger partial charge in [0.05, 0.1) is 12.2 Å². The van der Waals surface area contributed by atoms with Gasteiger partial charge in [0, 0.05) is 6.61 Å². The average molecular weight is 201 g/mol. The molecule has 2 nitrogen and oxygen atoms in total. The van der Waals surface area contributed by atoms with E-state index in [1.807, 2.05) is 0 Å². The van der Waals surface area contributed by atoms with Gasteiger partial charge in [-0.05, 0) is 38.9 Å². The number of hydrogen-bond acceptors (Lipinski definition) is 2. The van der Waals surface area contributed by atoms with E-state index in [4.69, 9.17) is 9.16 Å². The van der Waals surface area contributed by atoms with Gasteiger partial charge in [-0.25, -0.2) is 0 Å². The predicted octanol–water partition coefficient (Wildman–Crippen LogP) is 2.61. The molecule has 1 fully saturated rings. The lowest BCUT2D eigenvalue weighted by Gasteiger charge is -2.35. The van der Waals surface area contributed by atoms with E-state index in [1.54, 1.807) is 0 Å². The fourth-order valence-corrected chi connectivity index (χ4v) is 2.85. The zero-order valence-electron chi connectivity index (χ0n) is 9.01. The van der Waals surface area contributed by atoms with Gasteiger partial charge in [-0.1, -0.05) is 6.92 Å². The molecule has 0 amide bonds. The molecule has 13 heavy (non-hydrogen) atoms. The molecule has 0 aliphatic carbocycles. The molecule has 2 unspecified atom stereocenters. The Morgan fingerprint density at radius 3 is 2.69 bits per heavy atom. The maximum absolute atomic E-state index is 6.06. The Bertz CT molecular complexity index is 153. The summed E-state index contributed by atoms with van der Waals surface area (Å²) < 4.78 is 11.7. The standard InChI is InChI=1S/C10H21O2Si/c1-5-9-10(7-6-8-11-9)12-13(2,3)4/h9-10H,1,5-8H2,2-4H3. The van der Waals surface area contributed by atoms with Gasteiger partial charge >= 0.3 is 0 Å². The van der Waals surface area contributed by atoms with E-state index in [0.29, 0.717) is 6.10 Å². The van der Waals surface area contributed by atoms with Crippen molar-refractivity contribution in [2.45, 2.75) is 51.1 Å². The van der Waals surface area contributed by atoms with Crippen LogP contribution in [0.25, 0.3) is 0 Å². The molecule has 0 aromatic carbocycles. The smallest absolute Gasteiger partial charge is 0.184 e. The first-order chi connectivity index (χ1) is 6.03. The molecule has 0 aromatic heterocycles. The number of rotatable bonds is 3. The molecule has 1 rings (SSSR count). The average Bonchev–Trinajstić information content (AvgIpc) is 2.02. The van der Waals surface area contributed by atoms with Crippen molar-refractivity contribution in [2.75, 3.05) is 6.61 Å². The van der Waals surface area contributed by atoms with E-state index in [1.165, 1.54) is 0 Å². The highest BCUT2D eigenvalue weighted by Gasteiger charge is 2.29. The Hall–Kier alpha value is 0.137. The van der Waals surface area contributed by atoms with Gasteiger partial charge < -0.3 is 9.16 Å². The second-order valence-corrected chi connectivity index (χ2v) is 9.07. The van der Waals surface area contributed by atoms with Gasteiger partial charge in [0.1, 0.15) is 0 Å². The normalized spacial score (nSPS) is 30.5. The number of hydrogen-bond donors (Lipinski definition) is 0. The minimum Gasteiger partial charge on any atom is -0.412 e. The minimum atomic E-state index is -1.41. The lowest BCUT2D eigenvalue weighted by Crippen LogP contribution is -2.42. The summed E-state index contributed by atoms with van der Waals surface area (Å²) in [6.07, 6.45) is 3.64. The monoisotopic (exact) mass is 201 g/mol. The first-order valence-corrected chi connectivity index (χ1v) is 8.52. The van der Waals surface area contributed by atoms with E-state index in [0.717, 1.165) is 25.9 Å². The first kappa shape index (κ1) is 11.2. The molecule has 1 saturated heterocycles. The maximum atomic E-state index is 6.06. The summed E-state index contributed by atoms with van der Waals surface area (Å²) in [5, 5.41) is 0. The van der Waals surface area contributed by atoms with Crippen LogP contribution in [0.15, 0.2) is 0 Å². The minimum absolute atomic E-state index is 0.237. The summed E-state index contributed by atoms with van der Waals surface area (Å²) in [5.41, 5.74) is 0. The van der Waals surface area contributed by atoms with E-state index in [2.05, 4.69) is 26.6 Å². The SMILES string of the molecule is [CH2]CC1OCCCC1O[Si](C)(C)C. The van der Waals surface area contributed by atoms with Crippen molar-refractivity contribution >= 4 is 8.32 Å². The van der Waals surface area contributed by atoms with Crippen LogP contribution in [0.3, 0.4) is 0 Å². The van der Waals surface area contributed by atoms with Crippen LogP contribution >= 0.6 is 0 Å². The quantitative estimate of drug-likeness (QED) is 0.654. The molecule has 0 bridgehead atoms. The summed E-state index contributed by atoms with van der Waals surface area (Å²) >= 11 is 0. The highest BCUT2D eigenvalue weighted by atomic mass is 28.4. The molecule has 1 aliphatic rings. The zero-order chi connectivity index (χ0) is 9.90. The Morgan fingerprint density at radius 1 is 1.46 bits per heavy atom. The van der Waals surface area contributed by atoms with Gasteiger partial charge in [0.2, 0.25) is 0 Å². The van der Waals surface area contributed by atoms with Crippen molar-refractivity contribution in [3.05, 3.63) is 6.92 Å². The first-order valence-electron chi connectivity index (χ1n) is 5.11. The van der Waals surface area contributed by atoms with E-state index in [-0.39, 0.29) is 6.10 Å². The van der Waals surface area contributed by atoms with Gasteiger partial charge in [-0.2, -0.15) is 0 Å². The van der Waals surface area contributed by atoms with Crippen LogP contribution < -0.4 is 0 Å². The fraction of sp³-hybridized carbons (Fsp3) is 0.900. The molecule has 2 atom stereocenters. The van der Waals surface area contributed by atoms with Crippen molar-refractivity contribution in [2.24, 2.45) is 0 Å². The molecule has 0 N–H and O–H groups in total. The summed E-state index contributed by atoms with van der Waals surface area (Å²) in [7, 11) is -1.41. The lowest BCUT2D eigenvalue weighted by atomic mass is 10.0. The highest BCUT2D eigenvalue weighted by molar-refractivity contribution is 6.69. The molecule has 0 spiro atoms. The molecule has 3 heteroatoms. The zero-order valence-corrected chi connectivity index (χ0v) is 10.0. The summed E-state index contributed by atoms with van der Waals surface area (Å²) in [5.74, 6) is 0. The van der Waals surface area contributed by atoms with Crippen molar-refractivity contribution in [1.29, 1.82) is 0 Å². The molecular formula is C10H21O2Si. The molecule has 77 valence electrons. The largest absolute Gasteiger partial charge is 0.412 e. The van der Waals surface area contributed by atoms with Gasteiger partial charge in [-0.3, -0.25) is 0 Å². The Balaban J connectivity index is 2.45. The van der Waals surface area contributed by atoms with E-state index >= 15 is 0 Å². The molecule has 0 saturated carbocycles. The van der Waals surface area contributed by atoms with Gasteiger partial charge in [-0.15, -0.1) is 0 Å². The predicted molar refractivity (Wildman–Crippen MR) is 57.2 cm³/mol. The molecule has 0 aromatic rings. The Morgan fingerprint density at radius 2 is 2.15 bits per heavy atom. The summed E-state index contributed by atoms with van der Waals surface area (Å²) in [4.78, 5) is 0. The third-order valence-corrected chi connectivity index (χ3v) is 3.18. The van der Waals surface area contributed by atoms with Crippen LogP contribution in [0.4, 0.5) is 0 Å². The third-order valence-electron chi connectivity index (χ3n) is 2.17. The molecule has 1 radical (unpaired) electrons. The van der Waals surface area contributed by atoms with E-state index in [9.17, 15) is 0 Å². The highest BCUT2D eigenvalue weighted by Crippen LogP contribution is 2.22. The van der Waals surface area contributed by atoms with Crippen molar-refractivity contribution < 1.29 is 9.16 Å². The fourth-order valence-electron chi connectivity index (χ4n) is 1.67. The second-order valence-electron chi connectivity index (χ2n) is 4.61.